The van der Waals surface area contributed by atoms with Gasteiger partial charge in [0, 0.05) is 30.2 Å². The number of nitrogens with zero attached hydrogens (tertiary/aromatic N) is 2. The average molecular weight is 241 g/mol. The third kappa shape index (κ3) is 5.03. The maximum atomic E-state index is 4.39. The van der Waals surface area contributed by atoms with Crippen molar-refractivity contribution in [2.24, 2.45) is 0 Å². The Hall–Kier alpha value is -0.480. The summed E-state index contributed by atoms with van der Waals surface area (Å²) >= 11 is 1.97. The lowest BCUT2D eigenvalue weighted by molar-refractivity contribution is 0.412. The lowest BCUT2D eigenvalue weighted by atomic mass is 10.1. The van der Waals surface area contributed by atoms with Gasteiger partial charge in [-0.05, 0) is 26.5 Å². The van der Waals surface area contributed by atoms with E-state index in [-0.39, 0.29) is 5.54 Å². The van der Waals surface area contributed by atoms with E-state index in [1.54, 1.807) is 0 Å². The lowest BCUT2D eigenvalue weighted by Gasteiger charge is -2.20. The molecule has 92 valence electrons. The molecule has 3 nitrogen and oxygen atoms in total. The van der Waals surface area contributed by atoms with Gasteiger partial charge in [-0.1, -0.05) is 6.92 Å². The Morgan fingerprint density at radius 2 is 2.19 bits per heavy atom. The summed E-state index contributed by atoms with van der Waals surface area (Å²) in [5.41, 5.74) is 0.148. The number of hydrogen-bond acceptors (Lipinski definition) is 3. The van der Waals surface area contributed by atoms with Crippen LogP contribution in [0.5, 0.6) is 0 Å². The zero-order valence-corrected chi connectivity index (χ0v) is 11.6. The zero-order valence-electron chi connectivity index (χ0n) is 10.8. The van der Waals surface area contributed by atoms with E-state index in [0.29, 0.717) is 0 Å². The molecule has 1 aromatic heterocycles. The predicted octanol–water partition coefficient (Wildman–Crippen LogP) is 2.52. The van der Waals surface area contributed by atoms with Gasteiger partial charge >= 0.3 is 0 Å². The van der Waals surface area contributed by atoms with Crippen molar-refractivity contribution in [3.8, 4) is 0 Å². The second-order valence-corrected chi connectivity index (χ2v) is 6.23. The summed E-state index contributed by atoms with van der Waals surface area (Å²) in [6.45, 7) is 10.6. The molecule has 0 spiro atoms. The minimum atomic E-state index is 0.148. The molecule has 1 heterocycles. The highest BCUT2D eigenvalue weighted by Gasteiger charge is 2.10. The Labute approximate surface area is 103 Å². The first-order valence-electron chi connectivity index (χ1n) is 5.85. The summed E-state index contributed by atoms with van der Waals surface area (Å²) < 4.78 is 2.24. The van der Waals surface area contributed by atoms with Crippen LogP contribution < -0.4 is 5.32 Å². The van der Waals surface area contributed by atoms with E-state index in [2.05, 4.69) is 48.8 Å². The average Bonchev–Trinajstić information content (AvgIpc) is 2.62. The molecule has 0 saturated carbocycles. The van der Waals surface area contributed by atoms with Gasteiger partial charge in [-0.15, -0.1) is 0 Å². The molecule has 0 radical (unpaired) electrons. The van der Waals surface area contributed by atoms with Gasteiger partial charge in [0.1, 0.15) is 5.82 Å². The Bertz CT molecular complexity index is 301. The Morgan fingerprint density at radius 1 is 1.44 bits per heavy atom. The van der Waals surface area contributed by atoms with E-state index in [4.69, 9.17) is 0 Å². The topological polar surface area (TPSA) is 29.9 Å². The van der Waals surface area contributed by atoms with Crippen LogP contribution in [0.4, 0.5) is 0 Å². The van der Waals surface area contributed by atoms with Gasteiger partial charge in [0.05, 0.1) is 6.54 Å². The fourth-order valence-corrected chi connectivity index (χ4v) is 1.98. The first-order chi connectivity index (χ1) is 7.53. The molecule has 0 unspecified atom stereocenters. The first kappa shape index (κ1) is 13.6. The first-order valence-corrected chi connectivity index (χ1v) is 7.01. The van der Waals surface area contributed by atoms with Crippen molar-refractivity contribution >= 4 is 11.8 Å². The highest BCUT2D eigenvalue weighted by Crippen LogP contribution is 2.05. The van der Waals surface area contributed by atoms with Crippen molar-refractivity contribution in [3.63, 3.8) is 0 Å². The van der Waals surface area contributed by atoms with Gasteiger partial charge in [-0.25, -0.2) is 4.98 Å². The van der Waals surface area contributed by atoms with Crippen LogP contribution in [0.25, 0.3) is 0 Å². The number of nitrogens with one attached hydrogen (secondary N) is 1. The van der Waals surface area contributed by atoms with E-state index >= 15 is 0 Å². The number of thioether (sulfide) groups is 1. The summed E-state index contributed by atoms with van der Waals surface area (Å²) in [5, 5.41) is 3.46. The van der Waals surface area contributed by atoms with E-state index in [0.717, 1.165) is 24.7 Å². The largest absolute Gasteiger partial charge is 0.333 e. The molecule has 1 rings (SSSR count). The summed E-state index contributed by atoms with van der Waals surface area (Å²) in [4.78, 5) is 4.39. The third-order valence-corrected chi connectivity index (χ3v) is 3.14. The SMILES string of the molecule is CCSCCn1ccnc1CNC(C)(C)C. The number of aromatic nitrogens is 2. The van der Waals surface area contributed by atoms with Crippen LogP contribution in [0.3, 0.4) is 0 Å². The van der Waals surface area contributed by atoms with E-state index in [1.807, 2.05) is 18.0 Å². The molecule has 0 fully saturated rings. The van der Waals surface area contributed by atoms with Crippen molar-refractivity contribution < 1.29 is 0 Å². The smallest absolute Gasteiger partial charge is 0.122 e. The van der Waals surface area contributed by atoms with E-state index in [9.17, 15) is 0 Å². The van der Waals surface area contributed by atoms with Crippen LogP contribution in [0.2, 0.25) is 0 Å². The second-order valence-electron chi connectivity index (χ2n) is 4.84. The van der Waals surface area contributed by atoms with Crippen LogP contribution in [0.15, 0.2) is 12.4 Å². The van der Waals surface area contributed by atoms with Crippen LogP contribution in [-0.4, -0.2) is 26.6 Å². The Morgan fingerprint density at radius 3 is 2.81 bits per heavy atom. The van der Waals surface area contributed by atoms with Gasteiger partial charge in [0.25, 0.3) is 0 Å². The van der Waals surface area contributed by atoms with Gasteiger partial charge < -0.3 is 9.88 Å². The molecule has 0 bridgehead atoms. The molecule has 16 heavy (non-hydrogen) atoms. The molecule has 0 saturated heterocycles. The minimum Gasteiger partial charge on any atom is -0.333 e. The quantitative estimate of drug-likeness (QED) is 0.776. The molecular weight excluding hydrogens is 218 g/mol. The van der Waals surface area contributed by atoms with Crippen LogP contribution in [0.1, 0.15) is 33.5 Å². The number of rotatable bonds is 6. The fourth-order valence-electron chi connectivity index (χ4n) is 1.36. The molecule has 0 atom stereocenters. The predicted molar refractivity (Wildman–Crippen MR) is 71.8 cm³/mol. The van der Waals surface area contributed by atoms with Crippen LogP contribution in [0, 0.1) is 0 Å². The molecule has 0 aliphatic heterocycles. The third-order valence-electron chi connectivity index (χ3n) is 2.26. The van der Waals surface area contributed by atoms with Gasteiger partial charge in [0.2, 0.25) is 0 Å². The van der Waals surface area contributed by atoms with Crippen molar-refractivity contribution in [1.29, 1.82) is 0 Å². The standard InChI is InChI=1S/C12H23N3S/c1-5-16-9-8-15-7-6-13-11(15)10-14-12(2,3)4/h6-7,14H,5,8-10H2,1-4H3. The number of aryl methyl sites for hydroxylation is 1. The molecule has 4 heteroatoms. The van der Waals surface area contributed by atoms with E-state index in [1.165, 1.54) is 5.75 Å². The molecule has 1 N–H and O–H groups in total. The van der Waals surface area contributed by atoms with Gasteiger partial charge in [-0.2, -0.15) is 11.8 Å². The molecule has 0 aliphatic carbocycles. The van der Waals surface area contributed by atoms with E-state index < -0.39 is 0 Å². The summed E-state index contributed by atoms with van der Waals surface area (Å²) in [6, 6.07) is 0. The molecule has 1 aromatic rings. The molecule has 0 aromatic carbocycles. The Kier molecular flexibility index (Phi) is 5.35. The minimum absolute atomic E-state index is 0.148. The van der Waals surface area contributed by atoms with Gasteiger partial charge in [-0.3, -0.25) is 0 Å². The summed E-state index contributed by atoms with van der Waals surface area (Å²) in [5.74, 6) is 3.48. The van der Waals surface area contributed by atoms with Crippen LogP contribution in [-0.2, 0) is 13.1 Å². The maximum Gasteiger partial charge on any atom is 0.122 e. The van der Waals surface area contributed by atoms with Crippen molar-refractivity contribution in [2.75, 3.05) is 11.5 Å². The number of imidazole rings is 1. The van der Waals surface area contributed by atoms with Crippen molar-refractivity contribution in [3.05, 3.63) is 18.2 Å². The molecule has 0 amide bonds. The van der Waals surface area contributed by atoms with Crippen LogP contribution >= 0.6 is 11.8 Å². The summed E-state index contributed by atoms with van der Waals surface area (Å²) in [6.07, 6.45) is 3.95. The van der Waals surface area contributed by atoms with Crippen molar-refractivity contribution in [2.45, 2.75) is 46.3 Å². The fraction of sp³-hybridized carbons (Fsp3) is 0.750. The van der Waals surface area contributed by atoms with Crippen molar-refractivity contribution in [1.82, 2.24) is 14.9 Å². The molecule has 0 aliphatic rings. The summed E-state index contributed by atoms with van der Waals surface area (Å²) in [7, 11) is 0. The number of hydrogen-bond donors (Lipinski definition) is 1. The Balaban J connectivity index is 2.44. The lowest BCUT2D eigenvalue weighted by Crippen LogP contribution is -2.36. The monoisotopic (exact) mass is 241 g/mol. The highest BCUT2D eigenvalue weighted by molar-refractivity contribution is 7.99. The second kappa shape index (κ2) is 6.30. The normalized spacial score (nSPS) is 12.0. The zero-order chi connectivity index (χ0) is 12.0. The molecular formula is C12H23N3S. The highest BCUT2D eigenvalue weighted by atomic mass is 32.2. The van der Waals surface area contributed by atoms with Gasteiger partial charge in [0.15, 0.2) is 0 Å². The maximum absolute atomic E-state index is 4.39.